The smallest absolute Gasteiger partial charge is 0.128 e. The van der Waals surface area contributed by atoms with Gasteiger partial charge in [-0.05, 0) is 0 Å². The van der Waals surface area contributed by atoms with Crippen molar-refractivity contribution in [3.63, 3.8) is 0 Å². The lowest BCUT2D eigenvalue weighted by Crippen LogP contribution is -2.06. The highest BCUT2D eigenvalue weighted by Crippen LogP contribution is 1.75. The molecule has 0 spiro atoms. The van der Waals surface area contributed by atoms with Crippen LogP contribution >= 0.6 is 0 Å². The fourth-order valence-electron chi connectivity index (χ4n) is 0.0936. The quantitative estimate of drug-likeness (QED) is 0.284. The lowest BCUT2D eigenvalue weighted by Gasteiger charge is -2.15. The van der Waals surface area contributed by atoms with Crippen LogP contribution in [-0.2, 0) is 4.94 Å². The molecule has 0 unspecified atom stereocenters. The summed E-state index contributed by atoms with van der Waals surface area (Å²) in [6.45, 7) is 0. The molecular weight excluding hydrogens is 98.0 g/mol. The molecule has 0 aliphatic rings. The molecule has 0 aromatic carbocycles. The van der Waals surface area contributed by atoms with Crippen LogP contribution in [0.1, 0.15) is 0 Å². The van der Waals surface area contributed by atoms with Crippen LogP contribution in [0.3, 0.4) is 0 Å². The molecule has 0 atom stereocenters. The van der Waals surface area contributed by atoms with Gasteiger partial charge < -0.3 is 15.9 Å². The van der Waals surface area contributed by atoms with Gasteiger partial charge in [0.2, 0.25) is 0 Å². The fraction of sp³-hybridized carbons (Fsp3) is 0.500. The van der Waals surface area contributed by atoms with Crippen molar-refractivity contribution in [3.05, 3.63) is 5.21 Å². The molecule has 0 rings (SSSR count). The molecule has 5 nitrogen and oxygen atoms in total. The lowest BCUT2D eigenvalue weighted by atomic mass is 11.4. The Labute approximate surface area is 40.9 Å². The molecule has 0 bridgehead atoms. The van der Waals surface area contributed by atoms with Crippen LogP contribution in [0.2, 0.25) is 0 Å². The molecule has 0 aromatic rings. The van der Waals surface area contributed by atoms with Gasteiger partial charge in [-0.2, -0.15) is 5.23 Å². The summed E-state index contributed by atoms with van der Waals surface area (Å²) in [5, 5.41) is 12.8. The van der Waals surface area contributed by atoms with Crippen LogP contribution in [0, 0.1) is 5.21 Å². The van der Waals surface area contributed by atoms with E-state index in [0.717, 1.165) is 13.4 Å². The van der Waals surface area contributed by atoms with E-state index < -0.39 is 0 Å². The standard InChI is InChI=1S/C2H6N3O2/c1-5(6)7-4-2-3/h2H,1H3,(H2,3,4)/q-1. The second kappa shape index (κ2) is 3.38. The molecule has 0 aliphatic heterocycles. The van der Waals surface area contributed by atoms with Gasteiger partial charge in [0.25, 0.3) is 0 Å². The molecular formula is C2H6N3O2-. The van der Waals surface area contributed by atoms with E-state index >= 15 is 0 Å². The summed E-state index contributed by atoms with van der Waals surface area (Å²) < 4.78 is 0. The molecule has 0 saturated heterocycles. The maximum Gasteiger partial charge on any atom is 0.128 e. The lowest BCUT2D eigenvalue weighted by molar-refractivity contribution is -0.0978. The summed E-state index contributed by atoms with van der Waals surface area (Å²) >= 11 is 0. The van der Waals surface area contributed by atoms with Crippen LogP contribution in [0.5, 0.6) is 0 Å². The number of oxime groups is 1. The van der Waals surface area contributed by atoms with E-state index in [1.807, 2.05) is 0 Å². The van der Waals surface area contributed by atoms with Gasteiger partial charge in [0.05, 0.1) is 0 Å². The number of nitrogens with zero attached hydrogens (tertiary/aromatic N) is 2. The highest BCUT2D eigenvalue weighted by Gasteiger charge is 1.68. The summed E-state index contributed by atoms with van der Waals surface area (Å²) in [5.74, 6) is 0. The first-order valence-corrected chi connectivity index (χ1v) is 1.59. The third-order valence-electron chi connectivity index (χ3n) is 0.223. The highest BCUT2D eigenvalue weighted by atomic mass is 16.9. The van der Waals surface area contributed by atoms with E-state index in [2.05, 4.69) is 10.1 Å². The first-order chi connectivity index (χ1) is 3.27. The minimum atomic E-state index is 0.184. The maximum atomic E-state index is 9.73. The largest absolute Gasteiger partial charge is 0.751 e. The van der Waals surface area contributed by atoms with Crippen molar-refractivity contribution in [1.82, 2.24) is 5.23 Å². The number of nitrogens with two attached hydrogens (primary N) is 1. The van der Waals surface area contributed by atoms with E-state index in [1.165, 1.54) is 0 Å². The Bertz CT molecular complexity index is 62.0. The van der Waals surface area contributed by atoms with Crippen LogP contribution in [0.25, 0.3) is 0 Å². The van der Waals surface area contributed by atoms with Gasteiger partial charge in [0.15, 0.2) is 0 Å². The molecule has 0 aliphatic carbocycles. The molecule has 0 saturated carbocycles. The predicted octanol–water partition coefficient (Wildman–Crippen LogP) is -0.750. The Balaban J connectivity index is 2.97. The summed E-state index contributed by atoms with van der Waals surface area (Å²) in [6, 6.07) is 0. The van der Waals surface area contributed by atoms with Gasteiger partial charge in [-0.1, -0.05) is 5.16 Å². The molecule has 0 radical (unpaired) electrons. The van der Waals surface area contributed by atoms with Gasteiger partial charge in [0.1, 0.15) is 6.34 Å². The van der Waals surface area contributed by atoms with Crippen molar-refractivity contribution in [1.29, 1.82) is 0 Å². The maximum absolute atomic E-state index is 9.73. The number of rotatable bonds is 2. The van der Waals surface area contributed by atoms with E-state index in [1.54, 1.807) is 0 Å². The van der Waals surface area contributed by atoms with Gasteiger partial charge in [-0.3, -0.25) is 0 Å². The predicted molar refractivity (Wildman–Crippen MR) is 24.9 cm³/mol. The van der Waals surface area contributed by atoms with E-state index in [9.17, 15) is 5.21 Å². The second-order valence-corrected chi connectivity index (χ2v) is 0.776. The molecule has 0 fully saturated rings. The van der Waals surface area contributed by atoms with Crippen molar-refractivity contribution < 1.29 is 4.94 Å². The van der Waals surface area contributed by atoms with Crippen molar-refractivity contribution in [2.45, 2.75) is 0 Å². The zero-order valence-electron chi connectivity index (χ0n) is 3.87. The van der Waals surface area contributed by atoms with Crippen LogP contribution in [0.4, 0.5) is 0 Å². The second-order valence-electron chi connectivity index (χ2n) is 0.776. The minimum absolute atomic E-state index is 0.184. The zero-order chi connectivity index (χ0) is 5.70. The van der Waals surface area contributed by atoms with Gasteiger partial charge in [-0.15, -0.1) is 0 Å². The van der Waals surface area contributed by atoms with Crippen molar-refractivity contribution in [2.24, 2.45) is 10.9 Å². The summed E-state index contributed by atoms with van der Waals surface area (Å²) in [5.41, 5.74) is 4.69. The number of hydroxylamine groups is 2. The highest BCUT2D eigenvalue weighted by molar-refractivity contribution is 5.49. The van der Waals surface area contributed by atoms with Gasteiger partial charge >= 0.3 is 0 Å². The summed E-state index contributed by atoms with van der Waals surface area (Å²) in [4.78, 5) is 3.91. The Morgan fingerprint density at radius 2 is 2.57 bits per heavy atom. The summed E-state index contributed by atoms with van der Waals surface area (Å²) in [7, 11) is 1.16. The topological polar surface area (TPSA) is 73.9 Å². The van der Waals surface area contributed by atoms with E-state index in [-0.39, 0.29) is 5.23 Å². The average Bonchev–Trinajstić information content (AvgIpc) is 1.61. The van der Waals surface area contributed by atoms with Crippen molar-refractivity contribution in [2.75, 3.05) is 7.05 Å². The minimum Gasteiger partial charge on any atom is -0.751 e. The Morgan fingerprint density at radius 1 is 2.00 bits per heavy atom. The number of hydrogen-bond acceptors (Lipinski definition) is 4. The van der Waals surface area contributed by atoms with Crippen molar-refractivity contribution >= 4 is 6.34 Å². The first kappa shape index (κ1) is 6.19. The van der Waals surface area contributed by atoms with Crippen LogP contribution < -0.4 is 5.73 Å². The molecule has 42 valence electrons. The molecule has 0 heterocycles. The molecule has 0 aromatic heterocycles. The Morgan fingerprint density at radius 3 is 2.71 bits per heavy atom. The first-order valence-electron chi connectivity index (χ1n) is 1.59. The normalized spacial score (nSPS) is 10.7. The summed E-state index contributed by atoms with van der Waals surface area (Å²) in [6.07, 6.45) is 0.883. The van der Waals surface area contributed by atoms with Crippen LogP contribution in [-0.4, -0.2) is 18.6 Å². The molecule has 2 N–H and O–H groups in total. The van der Waals surface area contributed by atoms with Crippen LogP contribution in [0.15, 0.2) is 5.16 Å². The third-order valence-corrected chi connectivity index (χ3v) is 0.223. The SMILES string of the molecule is CN([O-])ON=CN. The Kier molecular flexibility index (Phi) is 2.99. The zero-order valence-corrected chi connectivity index (χ0v) is 3.87. The molecule has 0 amide bonds. The third kappa shape index (κ3) is 5.19. The molecule has 5 heteroatoms. The van der Waals surface area contributed by atoms with Crippen molar-refractivity contribution in [3.8, 4) is 0 Å². The monoisotopic (exact) mass is 104 g/mol. The fourth-order valence-corrected chi connectivity index (χ4v) is 0.0936. The Hall–Kier alpha value is -0.810. The van der Waals surface area contributed by atoms with Gasteiger partial charge in [0, 0.05) is 7.05 Å². The van der Waals surface area contributed by atoms with Gasteiger partial charge in [-0.25, -0.2) is 0 Å². The number of hydrogen-bond donors (Lipinski definition) is 1. The molecule has 7 heavy (non-hydrogen) atoms. The average molecular weight is 104 g/mol. The van der Waals surface area contributed by atoms with E-state index in [0.29, 0.717) is 0 Å². The van der Waals surface area contributed by atoms with E-state index in [4.69, 9.17) is 5.73 Å².